The lowest BCUT2D eigenvalue weighted by Crippen LogP contribution is -2.34. The lowest BCUT2D eigenvalue weighted by molar-refractivity contribution is 0.0978. The molecule has 2 rings (SSSR count). The van der Waals surface area contributed by atoms with Crippen molar-refractivity contribution in [3.05, 3.63) is 64.7 Å². The third-order valence-corrected chi connectivity index (χ3v) is 4.39. The Labute approximate surface area is 159 Å². The van der Waals surface area contributed by atoms with Crippen LogP contribution in [0.5, 0.6) is 0 Å². The minimum atomic E-state index is -0.332. The van der Waals surface area contributed by atoms with Crippen molar-refractivity contribution in [2.45, 2.75) is 20.4 Å². The Morgan fingerprint density at radius 2 is 1.72 bits per heavy atom. The fourth-order valence-electron chi connectivity index (χ4n) is 2.38. The van der Waals surface area contributed by atoms with Crippen molar-refractivity contribution >= 4 is 40.5 Å². The van der Waals surface area contributed by atoms with E-state index in [0.717, 1.165) is 25.3 Å². The summed E-state index contributed by atoms with van der Waals surface area (Å²) in [5, 5.41) is 6.28. The summed E-state index contributed by atoms with van der Waals surface area (Å²) >= 11 is 11.2. The number of carbonyl (C=O) groups excluding carboxylic acids is 1. The molecular formula is C19H22ClN3OS. The SMILES string of the molecule is CCN(CC)Cc1ccc(NC(=S)NC(=O)c2ccccc2Cl)cc1. The van der Waals surface area contributed by atoms with E-state index < -0.39 is 0 Å². The Morgan fingerprint density at radius 3 is 2.32 bits per heavy atom. The maximum absolute atomic E-state index is 12.2. The minimum absolute atomic E-state index is 0.237. The molecule has 4 nitrogen and oxygen atoms in total. The van der Waals surface area contributed by atoms with Gasteiger partial charge in [0.1, 0.15) is 0 Å². The summed E-state index contributed by atoms with van der Waals surface area (Å²) in [5.74, 6) is -0.332. The van der Waals surface area contributed by atoms with Gasteiger partial charge in [0.2, 0.25) is 0 Å². The number of amides is 1. The van der Waals surface area contributed by atoms with Crippen LogP contribution < -0.4 is 10.6 Å². The first-order chi connectivity index (χ1) is 12.0. The number of hydrogen-bond acceptors (Lipinski definition) is 3. The maximum atomic E-state index is 12.2. The molecule has 0 atom stereocenters. The van der Waals surface area contributed by atoms with Crippen molar-refractivity contribution in [1.29, 1.82) is 0 Å². The Hall–Kier alpha value is -1.95. The summed E-state index contributed by atoms with van der Waals surface area (Å²) in [5.41, 5.74) is 2.45. The number of hydrogen-bond donors (Lipinski definition) is 2. The summed E-state index contributed by atoms with van der Waals surface area (Å²) in [6.07, 6.45) is 0. The largest absolute Gasteiger partial charge is 0.332 e. The molecule has 0 fully saturated rings. The fraction of sp³-hybridized carbons (Fsp3) is 0.263. The second-order valence-corrected chi connectivity index (χ2v) is 6.36. The molecule has 2 aromatic rings. The van der Waals surface area contributed by atoms with Gasteiger partial charge in [-0.1, -0.05) is 49.7 Å². The van der Waals surface area contributed by atoms with Crippen molar-refractivity contribution in [2.75, 3.05) is 18.4 Å². The Balaban J connectivity index is 1.92. The number of halogens is 1. The van der Waals surface area contributed by atoms with Crippen LogP contribution in [-0.4, -0.2) is 29.0 Å². The molecule has 2 N–H and O–H groups in total. The molecule has 0 bridgehead atoms. The smallest absolute Gasteiger partial charge is 0.258 e. The van der Waals surface area contributed by atoms with E-state index in [1.54, 1.807) is 24.3 Å². The second kappa shape index (κ2) is 9.51. The van der Waals surface area contributed by atoms with Gasteiger partial charge in [-0.2, -0.15) is 0 Å². The van der Waals surface area contributed by atoms with Gasteiger partial charge in [-0.25, -0.2) is 0 Å². The van der Waals surface area contributed by atoms with Gasteiger partial charge in [0.25, 0.3) is 5.91 Å². The lowest BCUT2D eigenvalue weighted by atomic mass is 10.2. The second-order valence-electron chi connectivity index (χ2n) is 5.55. The standard InChI is InChI=1S/C19H22ClN3OS/c1-3-23(4-2)13-14-9-11-15(12-10-14)21-19(25)22-18(24)16-7-5-6-8-17(16)20/h5-12H,3-4,13H2,1-2H3,(H2,21,22,24,25). The molecule has 0 unspecified atom stereocenters. The van der Waals surface area contributed by atoms with E-state index in [9.17, 15) is 4.79 Å². The molecule has 2 aromatic carbocycles. The van der Waals surface area contributed by atoms with E-state index in [4.69, 9.17) is 23.8 Å². The van der Waals surface area contributed by atoms with Crippen LogP contribution in [0, 0.1) is 0 Å². The molecule has 6 heteroatoms. The zero-order chi connectivity index (χ0) is 18.2. The average Bonchev–Trinajstić information content (AvgIpc) is 2.61. The monoisotopic (exact) mass is 375 g/mol. The molecule has 0 aliphatic heterocycles. The number of rotatable bonds is 6. The molecule has 1 amide bonds. The molecular weight excluding hydrogens is 354 g/mol. The van der Waals surface area contributed by atoms with E-state index in [0.29, 0.717) is 10.6 Å². The molecule has 132 valence electrons. The van der Waals surface area contributed by atoms with Crippen LogP contribution in [0.25, 0.3) is 0 Å². The molecule has 0 radical (unpaired) electrons. The molecule has 0 saturated heterocycles. The lowest BCUT2D eigenvalue weighted by Gasteiger charge is -2.18. The molecule has 0 aliphatic rings. The van der Waals surface area contributed by atoms with Gasteiger partial charge in [-0.15, -0.1) is 0 Å². The molecule has 0 spiro atoms. The van der Waals surface area contributed by atoms with Crippen LogP contribution in [0.4, 0.5) is 5.69 Å². The van der Waals surface area contributed by atoms with Gasteiger partial charge in [-0.05, 0) is 55.1 Å². The van der Waals surface area contributed by atoms with Crippen LogP contribution in [-0.2, 0) is 6.54 Å². The van der Waals surface area contributed by atoms with Gasteiger partial charge in [0, 0.05) is 12.2 Å². The summed E-state index contributed by atoms with van der Waals surface area (Å²) in [4.78, 5) is 14.5. The number of nitrogens with zero attached hydrogens (tertiary/aromatic N) is 1. The van der Waals surface area contributed by atoms with Crippen LogP contribution in [0.1, 0.15) is 29.8 Å². The topological polar surface area (TPSA) is 44.4 Å². The molecule has 0 heterocycles. The Bertz CT molecular complexity index is 730. The first-order valence-corrected chi connectivity index (χ1v) is 9.00. The Morgan fingerprint density at radius 1 is 1.08 bits per heavy atom. The third kappa shape index (κ3) is 5.81. The number of carbonyl (C=O) groups is 1. The van der Waals surface area contributed by atoms with Gasteiger partial charge in [-0.3, -0.25) is 15.0 Å². The number of thiocarbonyl (C=S) groups is 1. The fourth-order valence-corrected chi connectivity index (χ4v) is 2.81. The zero-order valence-corrected chi connectivity index (χ0v) is 16.0. The summed E-state index contributed by atoms with van der Waals surface area (Å²) in [6, 6.07) is 14.9. The quantitative estimate of drug-likeness (QED) is 0.738. The first-order valence-electron chi connectivity index (χ1n) is 8.21. The van der Waals surface area contributed by atoms with Crippen molar-refractivity contribution in [3.8, 4) is 0 Å². The van der Waals surface area contributed by atoms with Gasteiger partial charge in [0.15, 0.2) is 5.11 Å². The highest BCUT2D eigenvalue weighted by molar-refractivity contribution is 7.80. The van der Waals surface area contributed by atoms with Crippen LogP contribution in [0.15, 0.2) is 48.5 Å². The maximum Gasteiger partial charge on any atom is 0.258 e. The number of anilines is 1. The number of nitrogens with one attached hydrogen (secondary N) is 2. The normalized spacial score (nSPS) is 10.6. The van der Waals surface area contributed by atoms with Gasteiger partial charge >= 0.3 is 0 Å². The van der Waals surface area contributed by atoms with E-state index >= 15 is 0 Å². The van der Waals surface area contributed by atoms with Crippen LogP contribution >= 0.6 is 23.8 Å². The van der Waals surface area contributed by atoms with Crippen LogP contribution in [0.3, 0.4) is 0 Å². The molecule has 0 saturated carbocycles. The van der Waals surface area contributed by atoms with Gasteiger partial charge in [0.05, 0.1) is 10.6 Å². The highest BCUT2D eigenvalue weighted by Gasteiger charge is 2.11. The highest BCUT2D eigenvalue weighted by Crippen LogP contribution is 2.15. The number of benzene rings is 2. The van der Waals surface area contributed by atoms with E-state index in [1.807, 2.05) is 12.1 Å². The molecule has 0 aliphatic carbocycles. The van der Waals surface area contributed by atoms with E-state index in [2.05, 4.69) is 41.5 Å². The van der Waals surface area contributed by atoms with Crippen molar-refractivity contribution in [2.24, 2.45) is 0 Å². The Kier molecular flexibility index (Phi) is 7.37. The predicted molar refractivity (Wildman–Crippen MR) is 108 cm³/mol. The molecule has 25 heavy (non-hydrogen) atoms. The zero-order valence-electron chi connectivity index (χ0n) is 14.4. The van der Waals surface area contributed by atoms with Gasteiger partial charge < -0.3 is 5.32 Å². The summed E-state index contributed by atoms with van der Waals surface area (Å²) in [7, 11) is 0. The van der Waals surface area contributed by atoms with Crippen molar-refractivity contribution in [3.63, 3.8) is 0 Å². The molecule has 0 aromatic heterocycles. The summed E-state index contributed by atoms with van der Waals surface area (Å²) < 4.78 is 0. The van der Waals surface area contributed by atoms with E-state index in [1.165, 1.54) is 5.56 Å². The van der Waals surface area contributed by atoms with Crippen LogP contribution in [0.2, 0.25) is 5.02 Å². The minimum Gasteiger partial charge on any atom is -0.332 e. The van der Waals surface area contributed by atoms with Crippen molar-refractivity contribution < 1.29 is 4.79 Å². The first kappa shape index (κ1) is 19.4. The average molecular weight is 376 g/mol. The summed E-state index contributed by atoms with van der Waals surface area (Å²) in [6.45, 7) is 7.27. The van der Waals surface area contributed by atoms with E-state index in [-0.39, 0.29) is 11.0 Å². The van der Waals surface area contributed by atoms with Crippen molar-refractivity contribution in [1.82, 2.24) is 10.2 Å². The highest BCUT2D eigenvalue weighted by atomic mass is 35.5. The third-order valence-electron chi connectivity index (χ3n) is 3.86. The predicted octanol–water partition coefficient (Wildman–Crippen LogP) is 4.31.